The first-order chi connectivity index (χ1) is 15.2. The standard InChI is InChI=1S/C26H34N2O4/c1-19-10-9-13-23(20(19)2)28-16-22(14-15-31-18-21-11-7-6-8-12-21)27(17-24(28)29)25(30)32-26(3,4)5/h6-13,22H,14-18H2,1-5H3. The van der Waals surface area contributed by atoms with E-state index in [0.29, 0.717) is 26.2 Å². The molecule has 2 aromatic carbocycles. The molecular formula is C26H34N2O4. The lowest BCUT2D eigenvalue weighted by molar-refractivity contribution is -0.122. The van der Waals surface area contributed by atoms with Gasteiger partial charge in [-0.3, -0.25) is 9.69 Å². The number of carbonyl (C=O) groups excluding carboxylic acids is 2. The normalized spacial score (nSPS) is 16.9. The molecule has 1 unspecified atom stereocenters. The van der Waals surface area contributed by atoms with Gasteiger partial charge in [-0.25, -0.2) is 4.79 Å². The molecule has 2 amide bonds. The second-order valence-corrected chi connectivity index (χ2v) is 9.31. The summed E-state index contributed by atoms with van der Waals surface area (Å²) in [5, 5.41) is 0. The number of amides is 2. The number of aryl methyl sites for hydroxylation is 1. The maximum Gasteiger partial charge on any atom is 0.411 e. The summed E-state index contributed by atoms with van der Waals surface area (Å²) in [6.45, 7) is 11.0. The molecule has 0 N–H and O–H groups in total. The average molecular weight is 439 g/mol. The monoisotopic (exact) mass is 438 g/mol. The van der Waals surface area contributed by atoms with Crippen LogP contribution in [0.2, 0.25) is 0 Å². The van der Waals surface area contributed by atoms with Crippen molar-refractivity contribution in [3.05, 3.63) is 65.2 Å². The maximum atomic E-state index is 13.0. The summed E-state index contributed by atoms with van der Waals surface area (Å²) in [5.41, 5.74) is 3.58. The summed E-state index contributed by atoms with van der Waals surface area (Å²) >= 11 is 0. The number of benzene rings is 2. The van der Waals surface area contributed by atoms with Crippen molar-refractivity contribution in [1.82, 2.24) is 4.90 Å². The topological polar surface area (TPSA) is 59.1 Å². The number of hydrogen-bond acceptors (Lipinski definition) is 4. The molecule has 0 spiro atoms. The summed E-state index contributed by atoms with van der Waals surface area (Å²) in [6, 6.07) is 15.8. The number of anilines is 1. The minimum atomic E-state index is -0.626. The van der Waals surface area contributed by atoms with E-state index >= 15 is 0 Å². The highest BCUT2D eigenvalue weighted by atomic mass is 16.6. The van der Waals surface area contributed by atoms with Crippen molar-refractivity contribution in [2.75, 3.05) is 24.6 Å². The Kier molecular flexibility index (Phi) is 7.56. The molecular weight excluding hydrogens is 404 g/mol. The zero-order valence-electron chi connectivity index (χ0n) is 19.8. The zero-order valence-corrected chi connectivity index (χ0v) is 19.8. The SMILES string of the molecule is Cc1cccc(N2CC(CCOCc3ccccc3)N(C(=O)OC(C)(C)C)CC2=O)c1C. The Bertz CT molecular complexity index is 937. The van der Waals surface area contributed by atoms with Gasteiger partial charge in [0.05, 0.1) is 12.6 Å². The van der Waals surface area contributed by atoms with Crippen LogP contribution in [0.3, 0.4) is 0 Å². The molecule has 1 atom stereocenters. The summed E-state index contributed by atoms with van der Waals surface area (Å²) < 4.78 is 11.5. The van der Waals surface area contributed by atoms with Crippen molar-refractivity contribution in [1.29, 1.82) is 0 Å². The molecule has 0 bridgehead atoms. The Labute approximate surface area is 191 Å². The highest BCUT2D eigenvalue weighted by Crippen LogP contribution is 2.27. The summed E-state index contributed by atoms with van der Waals surface area (Å²) in [4.78, 5) is 29.3. The van der Waals surface area contributed by atoms with E-state index in [2.05, 4.69) is 0 Å². The van der Waals surface area contributed by atoms with E-state index in [-0.39, 0.29) is 18.5 Å². The van der Waals surface area contributed by atoms with Crippen molar-refractivity contribution < 1.29 is 19.1 Å². The van der Waals surface area contributed by atoms with E-state index in [9.17, 15) is 9.59 Å². The Morgan fingerprint density at radius 2 is 1.78 bits per heavy atom. The molecule has 1 saturated heterocycles. The first-order valence-electron chi connectivity index (χ1n) is 11.1. The number of carbonyl (C=O) groups is 2. The van der Waals surface area contributed by atoms with Crippen molar-refractivity contribution in [3.63, 3.8) is 0 Å². The Morgan fingerprint density at radius 3 is 2.47 bits per heavy atom. The highest BCUT2D eigenvalue weighted by molar-refractivity contribution is 5.98. The fourth-order valence-corrected chi connectivity index (χ4v) is 3.80. The number of nitrogens with zero attached hydrogens (tertiary/aromatic N) is 2. The van der Waals surface area contributed by atoms with E-state index < -0.39 is 11.7 Å². The van der Waals surface area contributed by atoms with Crippen molar-refractivity contribution in [2.24, 2.45) is 0 Å². The van der Waals surface area contributed by atoms with Gasteiger partial charge in [0.15, 0.2) is 0 Å². The Balaban J connectivity index is 1.74. The van der Waals surface area contributed by atoms with Crippen LogP contribution in [0.25, 0.3) is 0 Å². The molecule has 0 aliphatic carbocycles. The van der Waals surface area contributed by atoms with Crippen molar-refractivity contribution in [2.45, 2.75) is 59.3 Å². The van der Waals surface area contributed by atoms with Gasteiger partial charge in [-0.2, -0.15) is 0 Å². The molecule has 6 nitrogen and oxygen atoms in total. The van der Waals surface area contributed by atoms with Gasteiger partial charge in [0.2, 0.25) is 5.91 Å². The molecule has 0 aromatic heterocycles. The van der Waals surface area contributed by atoms with Gasteiger partial charge in [-0.1, -0.05) is 42.5 Å². The third-order valence-corrected chi connectivity index (χ3v) is 5.64. The molecule has 0 radical (unpaired) electrons. The van der Waals surface area contributed by atoms with E-state index in [0.717, 1.165) is 22.4 Å². The minimum Gasteiger partial charge on any atom is -0.444 e. The highest BCUT2D eigenvalue weighted by Gasteiger charge is 2.38. The molecule has 2 aromatic rings. The van der Waals surface area contributed by atoms with Gasteiger partial charge in [0.25, 0.3) is 0 Å². The molecule has 3 rings (SSSR count). The zero-order chi connectivity index (χ0) is 23.3. The third kappa shape index (κ3) is 6.10. The Hall–Kier alpha value is -2.86. The molecule has 0 saturated carbocycles. The maximum absolute atomic E-state index is 13.0. The van der Waals surface area contributed by atoms with E-state index in [1.165, 1.54) is 0 Å². The fraction of sp³-hybridized carbons (Fsp3) is 0.462. The molecule has 1 aliphatic rings. The van der Waals surface area contributed by atoms with E-state index in [1.54, 1.807) is 9.80 Å². The van der Waals surface area contributed by atoms with Gasteiger partial charge in [-0.05, 0) is 63.8 Å². The molecule has 1 fully saturated rings. The summed E-state index contributed by atoms with van der Waals surface area (Å²) in [7, 11) is 0. The number of ether oxygens (including phenoxy) is 2. The molecule has 1 heterocycles. The molecule has 6 heteroatoms. The van der Waals surface area contributed by atoms with Crippen LogP contribution < -0.4 is 4.90 Å². The molecule has 32 heavy (non-hydrogen) atoms. The van der Waals surface area contributed by atoms with Gasteiger partial charge >= 0.3 is 6.09 Å². The Morgan fingerprint density at radius 1 is 1.06 bits per heavy atom. The predicted molar refractivity (Wildman–Crippen MR) is 126 cm³/mol. The fourth-order valence-electron chi connectivity index (χ4n) is 3.80. The van der Waals surface area contributed by atoms with E-state index in [1.807, 2.05) is 83.1 Å². The number of rotatable bonds is 6. The van der Waals surface area contributed by atoms with Crippen LogP contribution >= 0.6 is 0 Å². The van der Waals surface area contributed by atoms with Gasteiger partial charge < -0.3 is 14.4 Å². The minimum absolute atomic E-state index is 0.00829. The van der Waals surface area contributed by atoms with Crippen LogP contribution in [0, 0.1) is 13.8 Å². The second-order valence-electron chi connectivity index (χ2n) is 9.31. The van der Waals surface area contributed by atoms with Crippen LogP contribution in [-0.4, -0.2) is 48.2 Å². The second kappa shape index (κ2) is 10.2. The van der Waals surface area contributed by atoms with Crippen molar-refractivity contribution >= 4 is 17.7 Å². The lowest BCUT2D eigenvalue weighted by Crippen LogP contribution is -2.59. The smallest absolute Gasteiger partial charge is 0.411 e. The van der Waals surface area contributed by atoms with Crippen LogP contribution in [-0.2, 0) is 20.9 Å². The number of hydrogen-bond donors (Lipinski definition) is 0. The lowest BCUT2D eigenvalue weighted by Gasteiger charge is -2.41. The average Bonchev–Trinajstić information content (AvgIpc) is 2.73. The van der Waals surface area contributed by atoms with E-state index in [4.69, 9.17) is 9.47 Å². The van der Waals surface area contributed by atoms with Gasteiger partial charge in [-0.15, -0.1) is 0 Å². The largest absolute Gasteiger partial charge is 0.444 e. The summed E-state index contributed by atoms with van der Waals surface area (Å²) in [5.74, 6) is -0.106. The van der Waals surface area contributed by atoms with Crippen LogP contribution in [0.4, 0.5) is 10.5 Å². The quantitative estimate of drug-likeness (QED) is 0.604. The molecule has 1 aliphatic heterocycles. The predicted octanol–water partition coefficient (Wildman–Crippen LogP) is 4.86. The first kappa shape index (κ1) is 23.8. The third-order valence-electron chi connectivity index (χ3n) is 5.64. The molecule has 172 valence electrons. The number of piperazine rings is 1. The van der Waals surface area contributed by atoms with Gasteiger partial charge in [0.1, 0.15) is 12.1 Å². The van der Waals surface area contributed by atoms with Gasteiger partial charge in [0, 0.05) is 18.8 Å². The van der Waals surface area contributed by atoms with Crippen molar-refractivity contribution in [3.8, 4) is 0 Å². The first-order valence-corrected chi connectivity index (χ1v) is 11.1. The lowest BCUT2D eigenvalue weighted by atomic mass is 10.0. The summed E-state index contributed by atoms with van der Waals surface area (Å²) in [6.07, 6.45) is 0.153. The van der Waals surface area contributed by atoms with Crippen LogP contribution in [0.15, 0.2) is 48.5 Å². The van der Waals surface area contributed by atoms with Crippen LogP contribution in [0.1, 0.15) is 43.9 Å². The van der Waals surface area contributed by atoms with Crippen LogP contribution in [0.5, 0.6) is 0 Å².